The summed E-state index contributed by atoms with van der Waals surface area (Å²) < 4.78 is 11.2. The highest BCUT2D eigenvalue weighted by atomic mass is 16.5. The standard InChI is InChI=1S/C23H32BNO4/c1-3-4-5-9-16-28-21-14-12-19(13-15-21)17-22(25-24(2)27)23(26)29-18-20-10-7-6-8-11-20/h6-8,10-15,22,25,27H,3-5,9,16-18H2,1-2H3. The Hall–Kier alpha value is -2.31. The Kier molecular flexibility index (Phi) is 10.3. The van der Waals surface area contributed by atoms with Crippen LogP contribution in [-0.2, 0) is 22.6 Å². The van der Waals surface area contributed by atoms with Gasteiger partial charge in [0.25, 0.3) is 0 Å². The molecule has 29 heavy (non-hydrogen) atoms. The van der Waals surface area contributed by atoms with Crippen molar-refractivity contribution < 1.29 is 19.3 Å². The van der Waals surface area contributed by atoms with Gasteiger partial charge in [0.05, 0.1) is 6.61 Å². The predicted molar refractivity (Wildman–Crippen MR) is 117 cm³/mol. The lowest BCUT2D eigenvalue weighted by Gasteiger charge is -2.18. The Morgan fingerprint density at radius 1 is 1.03 bits per heavy atom. The smallest absolute Gasteiger partial charge is 0.374 e. The number of esters is 1. The average Bonchev–Trinajstić information content (AvgIpc) is 2.73. The topological polar surface area (TPSA) is 67.8 Å². The zero-order chi connectivity index (χ0) is 20.9. The number of carbonyl (C=O) groups is 1. The van der Waals surface area contributed by atoms with Gasteiger partial charge in [0.15, 0.2) is 0 Å². The summed E-state index contributed by atoms with van der Waals surface area (Å²) in [7, 11) is -0.810. The molecular weight excluding hydrogens is 365 g/mol. The molecule has 1 atom stereocenters. The number of rotatable bonds is 13. The maximum Gasteiger partial charge on any atom is 0.374 e. The molecule has 1 unspecified atom stereocenters. The molecule has 5 nitrogen and oxygen atoms in total. The molecule has 6 heteroatoms. The van der Waals surface area contributed by atoms with Gasteiger partial charge in [0.2, 0.25) is 0 Å². The van der Waals surface area contributed by atoms with Crippen molar-refractivity contribution in [1.29, 1.82) is 0 Å². The van der Waals surface area contributed by atoms with Crippen molar-refractivity contribution in [1.82, 2.24) is 5.23 Å². The van der Waals surface area contributed by atoms with E-state index in [1.54, 1.807) is 6.82 Å². The van der Waals surface area contributed by atoms with Crippen molar-refractivity contribution in [3.8, 4) is 5.75 Å². The summed E-state index contributed by atoms with van der Waals surface area (Å²) in [5.41, 5.74) is 1.90. The van der Waals surface area contributed by atoms with Crippen molar-refractivity contribution in [2.75, 3.05) is 6.61 Å². The third-order valence-corrected chi connectivity index (χ3v) is 4.58. The maximum atomic E-state index is 12.5. The normalized spacial score (nSPS) is 11.7. The van der Waals surface area contributed by atoms with E-state index in [2.05, 4.69) is 12.2 Å². The summed E-state index contributed by atoms with van der Waals surface area (Å²) in [6.07, 6.45) is 5.12. The monoisotopic (exact) mass is 397 g/mol. The lowest BCUT2D eigenvalue weighted by molar-refractivity contribution is -0.147. The lowest BCUT2D eigenvalue weighted by Crippen LogP contribution is -2.46. The summed E-state index contributed by atoms with van der Waals surface area (Å²) in [4.78, 5) is 12.5. The van der Waals surface area contributed by atoms with Crippen molar-refractivity contribution in [3.05, 3.63) is 65.7 Å². The maximum absolute atomic E-state index is 12.5. The van der Waals surface area contributed by atoms with Gasteiger partial charge in [-0.15, -0.1) is 0 Å². The fraction of sp³-hybridized carbons (Fsp3) is 0.435. The van der Waals surface area contributed by atoms with E-state index in [1.165, 1.54) is 19.3 Å². The molecule has 0 spiro atoms. The summed E-state index contributed by atoms with van der Waals surface area (Å²) in [6, 6.07) is 16.7. The van der Waals surface area contributed by atoms with Crippen molar-refractivity contribution in [2.45, 2.75) is 58.5 Å². The van der Waals surface area contributed by atoms with Gasteiger partial charge >= 0.3 is 13.0 Å². The Bertz CT molecular complexity index is 707. The second-order valence-electron chi connectivity index (χ2n) is 7.25. The average molecular weight is 397 g/mol. The van der Waals surface area contributed by atoms with Crippen molar-refractivity contribution in [2.24, 2.45) is 0 Å². The molecule has 2 rings (SSSR count). The van der Waals surface area contributed by atoms with Gasteiger partial charge in [0.1, 0.15) is 18.4 Å². The van der Waals surface area contributed by atoms with Gasteiger partial charge in [-0.1, -0.05) is 68.7 Å². The zero-order valence-electron chi connectivity index (χ0n) is 17.5. The molecule has 0 aliphatic carbocycles. The number of nitrogens with one attached hydrogen (secondary N) is 1. The number of benzene rings is 2. The molecule has 0 fully saturated rings. The zero-order valence-corrected chi connectivity index (χ0v) is 17.5. The second-order valence-corrected chi connectivity index (χ2v) is 7.25. The molecule has 2 N–H and O–H groups in total. The summed E-state index contributed by atoms with van der Waals surface area (Å²) in [6.45, 7) is 4.71. The molecule has 0 saturated heterocycles. The molecule has 0 aliphatic rings. The van der Waals surface area contributed by atoms with Crippen LogP contribution in [0.15, 0.2) is 54.6 Å². The third kappa shape index (κ3) is 9.16. The third-order valence-electron chi connectivity index (χ3n) is 4.58. The highest BCUT2D eigenvalue weighted by Crippen LogP contribution is 2.15. The minimum Gasteiger partial charge on any atom is -0.494 e. The van der Waals surface area contributed by atoms with E-state index in [0.29, 0.717) is 6.42 Å². The van der Waals surface area contributed by atoms with Gasteiger partial charge in [-0.25, -0.2) is 0 Å². The molecule has 0 heterocycles. The minimum atomic E-state index is -0.810. The second kappa shape index (κ2) is 13.0. The summed E-state index contributed by atoms with van der Waals surface area (Å²) in [5.74, 6) is 0.447. The predicted octanol–water partition coefficient (Wildman–Crippen LogP) is 4.00. The largest absolute Gasteiger partial charge is 0.494 e. The first-order valence-corrected chi connectivity index (χ1v) is 10.4. The number of hydrogen-bond acceptors (Lipinski definition) is 5. The Labute approximate surface area is 174 Å². The molecular formula is C23H32BNO4. The van der Waals surface area contributed by atoms with Gasteiger partial charge in [-0.2, -0.15) is 0 Å². The highest BCUT2D eigenvalue weighted by Gasteiger charge is 2.23. The van der Waals surface area contributed by atoms with E-state index in [0.717, 1.165) is 29.9 Å². The minimum absolute atomic E-state index is 0.211. The molecule has 0 amide bonds. The summed E-state index contributed by atoms with van der Waals surface area (Å²) in [5, 5.41) is 12.6. The van der Waals surface area contributed by atoms with Gasteiger partial charge in [-0.05, 0) is 42.9 Å². The molecule has 0 aliphatic heterocycles. The Morgan fingerprint density at radius 2 is 1.76 bits per heavy atom. The van der Waals surface area contributed by atoms with Crippen LogP contribution >= 0.6 is 0 Å². The van der Waals surface area contributed by atoms with E-state index in [4.69, 9.17) is 9.47 Å². The van der Waals surface area contributed by atoms with Crippen LogP contribution in [0.1, 0.15) is 43.7 Å². The Balaban J connectivity index is 1.87. The fourth-order valence-corrected chi connectivity index (χ4v) is 3.01. The molecule has 2 aromatic rings. The molecule has 156 valence electrons. The molecule has 0 saturated carbocycles. The quantitative estimate of drug-likeness (QED) is 0.304. The summed E-state index contributed by atoms with van der Waals surface area (Å²) >= 11 is 0. The van der Waals surface area contributed by atoms with Crippen LogP contribution in [-0.4, -0.2) is 30.7 Å². The van der Waals surface area contributed by atoms with Crippen LogP contribution in [0.25, 0.3) is 0 Å². The first-order chi connectivity index (χ1) is 14.1. The number of hydrogen-bond donors (Lipinski definition) is 2. The van der Waals surface area contributed by atoms with Gasteiger partial charge < -0.3 is 19.7 Å². The van der Waals surface area contributed by atoms with E-state index < -0.39 is 13.1 Å². The highest BCUT2D eigenvalue weighted by molar-refractivity contribution is 6.46. The Morgan fingerprint density at radius 3 is 2.41 bits per heavy atom. The van der Waals surface area contributed by atoms with Crippen LogP contribution in [0.5, 0.6) is 5.75 Å². The molecule has 0 aromatic heterocycles. The molecule has 0 radical (unpaired) electrons. The van der Waals surface area contributed by atoms with Crippen molar-refractivity contribution in [3.63, 3.8) is 0 Å². The first kappa shape index (κ1) is 23.0. The van der Waals surface area contributed by atoms with Crippen LogP contribution in [0.3, 0.4) is 0 Å². The first-order valence-electron chi connectivity index (χ1n) is 10.4. The molecule has 0 bridgehead atoms. The van der Waals surface area contributed by atoms with Crippen LogP contribution < -0.4 is 9.96 Å². The number of carbonyl (C=O) groups excluding carboxylic acids is 1. The van der Waals surface area contributed by atoms with Crippen LogP contribution in [0.2, 0.25) is 6.82 Å². The van der Waals surface area contributed by atoms with E-state index in [-0.39, 0.29) is 12.6 Å². The van der Waals surface area contributed by atoms with Crippen LogP contribution in [0, 0.1) is 0 Å². The van der Waals surface area contributed by atoms with Gasteiger partial charge in [-0.3, -0.25) is 4.79 Å². The van der Waals surface area contributed by atoms with Gasteiger partial charge in [0, 0.05) is 0 Å². The molecule has 2 aromatic carbocycles. The number of unbranched alkanes of at least 4 members (excludes halogenated alkanes) is 3. The van der Waals surface area contributed by atoms with E-state index in [1.807, 2.05) is 54.6 Å². The SMILES string of the molecule is CCCCCCOc1ccc(CC(NB(C)O)C(=O)OCc2ccccc2)cc1. The van der Waals surface area contributed by atoms with Crippen molar-refractivity contribution >= 4 is 13.0 Å². The van der Waals surface area contributed by atoms with E-state index >= 15 is 0 Å². The fourth-order valence-electron chi connectivity index (χ4n) is 3.01. The van der Waals surface area contributed by atoms with Crippen LogP contribution in [0.4, 0.5) is 0 Å². The lowest BCUT2D eigenvalue weighted by atomic mass is 9.86. The number of ether oxygens (including phenoxy) is 2. The van der Waals surface area contributed by atoms with E-state index in [9.17, 15) is 9.82 Å².